The Morgan fingerprint density at radius 1 is 1.56 bits per heavy atom. The maximum atomic E-state index is 10.2. The van der Waals surface area contributed by atoms with Crippen LogP contribution in [0.3, 0.4) is 0 Å². The molecule has 0 fully saturated rings. The molecule has 0 aliphatic carbocycles. The van der Waals surface area contributed by atoms with Crippen molar-refractivity contribution in [1.29, 1.82) is 0 Å². The number of hydrogen-bond acceptors (Lipinski definition) is 9. The first-order valence-corrected chi connectivity index (χ1v) is 6.20. The number of oxime groups is 1. The topological polar surface area (TPSA) is 162 Å². The molecule has 0 aromatic carbocycles. The first-order valence-electron chi connectivity index (χ1n) is 4.96. The summed E-state index contributed by atoms with van der Waals surface area (Å²) in [6, 6.07) is 0. The molecule has 1 rings (SSSR count). The lowest BCUT2D eigenvalue weighted by Crippen LogP contribution is -2.22. The third-order valence-electron chi connectivity index (χ3n) is 1.88. The SMILES string of the molecule is NC(=NO)c1nonc1NCCCNCS(=O)[O-]. The van der Waals surface area contributed by atoms with Gasteiger partial charge in [-0.3, -0.25) is 4.21 Å². The minimum atomic E-state index is -2.09. The van der Waals surface area contributed by atoms with Gasteiger partial charge in [-0.1, -0.05) is 5.16 Å². The van der Waals surface area contributed by atoms with E-state index < -0.39 is 11.1 Å². The van der Waals surface area contributed by atoms with Gasteiger partial charge >= 0.3 is 0 Å². The van der Waals surface area contributed by atoms with E-state index in [4.69, 9.17) is 10.9 Å². The van der Waals surface area contributed by atoms with Crippen LogP contribution in [0.4, 0.5) is 5.82 Å². The number of aromatic nitrogens is 2. The fourth-order valence-corrected chi connectivity index (χ4v) is 1.41. The third-order valence-corrected chi connectivity index (χ3v) is 2.32. The molecule has 1 aromatic heterocycles. The molecule has 1 unspecified atom stereocenters. The lowest BCUT2D eigenvalue weighted by Gasteiger charge is -2.07. The number of nitrogens with zero attached hydrogens (tertiary/aromatic N) is 3. The molecule has 0 saturated heterocycles. The number of hydrogen-bond donors (Lipinski definition) is 4. The van der Waals surface area contributed by atoms with Crippen LogP contribution in [-0.2, 0) is 11.1 Å². The molecule has 102 valence electrons. The molecule has 5 N–H and O–H groups in total. The molecule has 11 heteroatoms. The molecule has 0 spiro atoms. The van der Waals surface area contributed by atoms with Crippen molar-refractivity contribution in [3.8, 4) is 0 Å². The van der Waals surface area contributed by atoms with Gasteiger partial charge in [-0.15, -0.1) is 0 Å². The van der Waals surface area contributed by atoms with Crippen molar-refractivity contribution in [2.45, 2.75) is 6.42 Å². The Morgan fingerprint density at radius 2 is 2.33 bits per heavy atom. The molecule has 1 heterocycles. The highest BCUT2D eigenvalue weighted by molar-refractivity contribution is 7.79. The van der Waals surface area contributed by atoms with E-state index in [2.05, 4.69) is 30.7 Å². The highest BCUT2D eigenvalue weighted by Gasteiger charge is 2.13. The van der Waals surface area contributed by atoms with Crippen LogP contribution in [0.2, 0.25) is 0 Å². The van der Waals surface area contributed by atoms with Gasteiger partial charge in [0.2, 0.25) is 5.82 Å². The standard InChI is InChI=1S/C7H14N6O4S/c8-6(11-14)5-7(13-17-12-5)10-3-1-2-9-4-18(15)16/h9,14H,1-4H2,(H2,8,11)(H,10,13)(H,15,16)/p-1. The number of nitrogens with one attached hydrogen (secondary N) is 2. The summed E-state index contributed by atoms with van der Waals surface area (Å²) in [7, 11) is 0. The van der Waals surface area contributed by atoms with E-state index in [0.717, 1.165) is 0 Å². The van der Waals surface area contributed by atoms with E-state index >= 15 is 0 Å². The van der Waals surface area contributed by atoms with Gasteiger partial charge in [0.15, 0.2) is 11.5 Å². The van der Waals surface area contributed by atoms with E-state index in [0.29, 0.717) is 19.5 Å². The molecule has 1 aromatic rings. The van der Waals surface area contributed by atoms with Crippen LogP contribution < -0.4 is 16.4 Å². The number of amidine groups is 1. The molecule has 0 amide bonds. The molecule has 0 radical (unpaired) electrons. The summed E-state index contributed by atoms with van der Waals surface area (Å²) in [6.07, 6.45) is 0.652. The van der Waals surface area contributed by atoms with Crippen LogP contribution in [-0.4, -0.2) is 49.1 Å². The molecule has 0 bridgehead atoms. The maximum Gasteiger partial charge on any atom is 0.202 e. The second-order valence-corrected chi connectivity index (χ2v) is 4.07. The van der Waals surface area contributed by atoms with Gasteiger partial charge in [0, 0.05) is 6.54 Å². The molecule has 10 nitrogen and oxygen atoms in total. The van der Waals surface area contributed by atoms with Crippen molar-refractivity contribution in [3.63, 3.8) is 0 Å². The summed E-state index contributed by atoms with van der Waals surface area (Å²) >= 11 is -2.09. The fourth-order valence-electron chi connectivity index (χ4n) is 1.10. The number of anilines is 1. The van der Waals surface area contributed by atoms with Crippen LogP contribution >= 0.6 is 0 Å². The molecular formula is C7H13N6O4S-. The summed E-state index contributed by atoms with van der Waals surface area (Å²) in [4.78, 5) is 0. The van der Waals surface area contributed by atoms with Gasteiger partial charge in [-0.25, -0.2) is 4.63 Å². The predicted octanol–water partition coefficient (Wildman–Crippen LogP) is -1.61. The molecule has 0 saturated carbocycles. The summed E-state index contributed by atoms with van der Waals surface area (Å²) in [6.45, 7) is 1.02. The van der Waals surface area contributed by atoms with Gasteiger partial charge in [0.25, 0.3) is 0 Å². The highest BCUT2D eigenvalue weighted by Crippen LogP contribution is 2.08. The Labute approximate surface area is 105 Å². The van der Waals surface area contributed by atoms with Gasteiger partial charge in [-0.05, 0) is 34.4 Å². The zero-order chi connectivity index (χ0) is 13.4. The van der Waals surface area contributed by atoms with Crippen LogP contribution in [0.25, 0.3) is 0 Å². The van der Waals surface area contributed by atoms with Crippen LogP contribution in [0, 0.1) is 0 Å². The van der Waals surface area contributed by atoms with Crippen molar-refractivity contribution in [1.82, 2.24) is 15.6 Å². The Hall–Kier alpha value is -1.72. The second kappa shape index (κ2) is 7.58. The third kappa shape index (κ3) is 4.65. The van der Waals surface area contributed by atoms with Gasteiger partial charge < -0.3 is 26.1 Å². The lowest BCUT2D eigenvalue weighted by molar-refractivity contribution is 0.304. The Balaban J connectivity index is 2.27. The minimum absolute atomic E-state index is 0.0825. The van der Waals surface area contributed by atoms with E-state index in [1.165, 1.54) is 0 Å². The zero-order valence-electron chi connectivity index (χ0n) is 9.33. The number of rotatable bonds is 8. The summed E-state index contributed by atoms with van der Waals surface area (Å²) in [5.41, 5.74) is 5.46. The van der Waals surface area contributed by atoms with Crippen molar-refractivity contribution >= 4 is 22.7 Å². The molecule has 0 aliphatic heterocycles. The minimum Gasteiger partial charge on any atom is -0.771 e. The van der Waals surface area contributed by atoms with Crippen molar-refractivity contribution < 1.29 is 18.6 Å². The summed E-state index contributed by atoms with van der Waals surface area (Å²) < 4.78 is 24.9. The van der Waals surface area contributed by atoms with E-state index in [1.54, 1.807) is 0 Å². The van der Waals surface area contributed by atoms with Crippen molar-refractivity contribution in [3.05, 3.63) is 5.69 Å². The maximum absolute atomic E-state index is 10.2. The highest BCUT2D eigenvalue weighted by atomic mass is 32.2. The van der Waals surface area contributed by atoms with Crippen molar-refractivity contribution in [2.75, 3.05) is 24.3 Å². The van der Waals surface area contributed by atoms with Crippen molar-refractivity contribution in [2.24, 2.45) is 10.9 Å². The first-order chi connectivity index (χ1) is 8.65. The van der Waals surface area contributed by atoms with Crippen LogP contribution in [0.15, 0.2) is 9.78 Å². The molecule has 0 aliphatic rings. The fraction of sp³-hybridized carbons (Fsp3) is 0.571. The summed E-state index contributed by atoms with van der Waals surface area (Å²) in [5, 5.41) is 23.8. The Bertz CT molecular complexity index is 422. The average Bonchev–Trinajstić information content (AvgIpc) is 2.80. The van der Waals surface area contributed by atoms with Gasteiger partial charge in [-0.2, -0.15) is 0 Å². The largest absolute Gasteiger partial charge is 0.771 e. The normalized spacial score (nSPS) is 13.5. The molecule has 1 atom stereocenters. The zero-order valence-corrected chi connectivity index (χ0v) is 10.1. The van der Waals surface area contributed by atoms with Gasteiger partial charge in [0.05, 0.1) is 5.88 Å². The van der Waals surface area contributed by atoms with E-state index in [1.807, 2.05) is 0 Å². The Kier molecular flexibility index (Phi) is 6.04. The Morgan fingerprint density at radius 3 is 3.00 bits per heavy atom. The van der Waals surface area contributed by atoms with Crippen LogP contribution in [0.1, 0.15) is 12.1 Å². The molecule has 18 heavy (non-hydrogen) atoms. The number of nitrogens with two attached hydrogens (primary N) is 1. The smallest absolute Gasteiger partial charge is 0.202 e. The lowest BCUT2D eigenvalue weighted by atomic mass is 10.3. The second-order valence-electron chi connectivity index (χ2n) is 3.18. The monoisotopic (exact) mass is 277 g/mol. The van der Waals surface area contributed by atoms with Gasteiger partial charge in [0.1, 0.15) is 0 Å². The first kappa shape index (κ1) is 14.3. The summed E-state index contributed by atoms with van der Waals surface area (Å²) in [5.74, 6) is -0.0303. The molecular weight excluding hydrogens is 264 g/mol. The van der Waals surface area contributed by atoms with E-state index in [9.17, 15) is 8.76 Å². The predicted molar refractivity (Wildman–Crippen MR) is 61.7 cm³/mol. The average molecular weight is 277 g/mol. The quantitative estimate of drug-likeness (QED) is 0.109. The van der Waals surface area contributed by atoms with Crippen LogP contribution in [0.5, 0.6) is 0 Å². The van der Waals surface area contributed by atoms with E-state index in [-0.39, 0.29) is 23.2 Å².